The Morgan fingerprint density at radius 2 is 1.58 bits per heavy atom. The monoisotopic (exact) mass is 350 g/mol. The van der Waals surface area contributed by atoms with E-state index in [9.17, 15) is 15.0 Å². The minimum Gasteiger partial charge on any atom is -0.507 e. The minimum absolute atomic E-state index is 0.0486. The molecule has 2 N–H and O–H groups in total. The van der Waals surface area contributed by atoms with Crippen LogP contribution in [0.3, 0.4) is 0 Å². The molecule has 134 valence electrons. The Bertz CT molecular complexity index is 950. The van der Waals surface area contributed by atoms with Crippen molar-refractivity contribution in [3.63, 3.8) is 0 Å². The lowest BCUT2D eigenvalue weighted by molar-refractivity contribution is 0.0469. The first-order valence-corrected chi connectivity index (χ1v) is 8.47. The van der Waals surface area contributed by atoms with Crippen LogP contribution < -0.4 is 0 Å². The molecule has 0 atom stereocenters. The fourth-order valence-corrected chi connectivity index (χ4v) is 2.82. The second-order valence-electron chi connectivity index (χ2n) is 7.36. The van der Waals surface area contributed by atoms with Gasteiger partial charge in [-0.2, -0.15) is 0 Å². The Morgan fingerprint density at radius 3 is 2.19 bits per heavy atom. The fourth-order valence-electron chi connectivity index (χ4n) is 2.82. The Labute approximate surface area is 152 Å². The Kier molecular flexibility index (Phi) is 4.60. The van der Waals surface area contributed by atoms with Crippen molar-refractivity contribution in [1.82, 2.24) is 0 Å². The van der Waals surface area contributed by atoms with Gasteiger partial charge in [-0.15, -0.1) is 0 Å². The van der Waals surface area contributed by atoms with Crippen LogP contribution in [0.5, 0.6) is 11.5 Å². The number of carbonyl (C=O) groups excluding carboxylic acids is 1. The quantitative estimate of drug-likeness (QED) is 0.520. The van der Waals surface area contributed by atoms with Crippen LogP contribution in [-0.4, -0.2) is 16.2 Å². The number of phenols is 2. The maximum absolute atomic E-state index is 12.4. The summed E-state index contributed by atoms with van der Waals surface area (Å²) in [5.74, 6) is -0.935. The van der Waals surface area contributed by atoms with Crippen LogP contribution in [0.2, 0.25) is 0 Å². The molecule has 4 nitrogen and oxygen atoms in total. The van der Waals surface area contributed by atoms with Crippen molar-refractivity contribution in [2.75, 3.05) is 0 Å². The van der Waals surface area contributed by atoms with Crippen molar-refractivity contribution >= 4 is 16.7 Å². The van der Waals surface area contributed by atoms with E-state index >= 15 is 0 Å². The predicted molar refractivity (Wildman–Crippen MR) is 102 cm³/mol. The molecule has 0 unspecified atom stereocenters. The van der Waals surface area contributed by atoms with E-state index in [1.54, 1.807) is 24.3 Å². The Balaban J connectivity index is 1.78. The van der Waals surface area contributed by atoms with Crippen molar-refractivity contribution in [2.45, 2.75) is 32.8 Å². The van der Waals surface area contributed by atoms with Crippen molar-refractivity contribution in [2.24, 2.45) is 0 Å². The van der Waals surface area contributed by atoms with Crippen LogP contribution in [0.25, 0.3) is 10.8 Å². The Morgan fingerprint density at radius 1 is 0.962 bits per heavy atom. The number of benzene rings is 3. The average molecular weight is 350 g/mol. The normalized spacial score (nSPS) is 11.5. The van der Waals surface area contributed by atoms with Gasteiger partial charge in [-0.05, 0) is 22.6 Å². The summed E-state index contributed by atoms with van der Waals surface area (Å²) in [6, 6.07) is 15.9. The van der Waals surface area contributed by atoms with Gasteiger partial charge >= 0.3 is 5.97 Å². The molecule has 4 heteroatoms. The molecule has 0 radical (unpaired) electrons. The van der Waals surface area contributed by atoms with Gasteiger partial charge in [0.1, 0.15) is 23.7 Å². The highest BCUT2D eigenvalue weighted by molar-refractivity contribution is 6.03. The molecule has 0 saturated carbocycles. The van der Waals surface area contributed by atoms with E-state index in [0.29, 0.717) is 10.8 Å². The summed E-state index contributed by atoms with van der Waals surface area (Å²) < 4.78 is 5.31. The summed E-state index contributed by atoms with van der Waals surface area (Å²) in [5, 5.41) is 21.4. The zero-order chi connectivity index (χ0) is 18.9. The number of phenolic OH excluding ortho intramolecular Hbond substituents is 2. The van der Waals surface area contributed by atoms with Crippen LogP contribution in [0.15, 0.2) is 54.6 Å². The molecular formula is C22H22O4. The number of esters is 1. The molecule has 0 saturated heterocycles. The summed E-state index contributed by atoms with van der Waals surface area (Å²) in [6.07, 6.45) is 0. The van der Waals surface area contributed by atoms with Crippen LogP contribution in [0.1, 0.15) is 42.3 Å². The maximum Gasteiger partial charge on any atom is 0.342 e. The third kappa shape index (κ3) is 3.49. The predicted octanol–water partition coefficient (Wildman–Crippen LogP) is 4.91. The molecule has 3 rings (SSSR count). The van der Waals surface area contributed by atoms with Crippen molar-refractivity contribution in [1.29, 1.82) is 0 Å². The smallest absolute Gasteiger partial charge is 0.342 e. The molecule has 0 aliphatic carbocycles. The highest BCUT2D eigenvalue weighted by atomic mass is 16.5. The van der Waals surface area contributed by atoms with Crippen molar-refractivity contribution in [3.8, 4) is 11.5 Å². The van der Waals surface area contributed by atoms with Crippen LogP contribution in [-0.2, 0) is 16.8 Å². The summed E-state index contributed by atoms with van der Waals surface area (Å²) in [7, 11) is 0. The maximum atomic E-state index is 12.4. The van der Waals surface area contributed by atoms with Gasteiger partial charge in [-0.1, -0.05) is 69.3 Å². The van der Waals surface area contributed by atoms with Gasteiger partial charge in [0.25, 0.3) is 0 Å². The standard InChI is InChI=1S/C22H22O4/c1-22(2,3)15-10-8-14(9-11-15)13-26-21(25)18-12-19(23)16-6-4-5-7-17(16)20(18)24/h4-12,23-24H,13H2,1-3H3. The van der Waals surface area contributed by atoms with E-state index in [4.69, 9.17) is 4.74 Å². The molecule has 0 bridgehead atoms. The van der Waals surface area contributed by atoms with E-state index in [-0.39, 0.29) is 29.1 Å². The lowest BCUT2D eigenvalue weighted by Crippen LogP contribution is -2.11. The largest absolute Gasteiger partial charge is 0.507 e. The molecule has 0 aliphatic heterocycles. The van der Waals surface area contributed by atoms with Crippen LogP contribution >= 0.6 is 0 Å². The number of hydrogen-bond acceptors (Lipinski definition) is 4. The molecule has 0 aliphatic rings. The van der Waals surface area contributed by atoms with Crippen molar-refractivity contribution < 1.29 is 19.7 Å². The van der Waals surface area contributed by atoms with Crippen LogP contribution in [0.4, 0.5) is 0 Å². The molecule has 26 heavy (non-hydrogen) atoms. The lowest BCUT2D eigenvalue weighted by atomic mass is 9.87. The second kappa shape index (κ2) is 6.71. The number of hydrogen-bond donors (Lipinski definition) is 2. The van der Waals surface area contributed by atoms with Gasteiger partial charge in [0.05, 0.1) is 0 Å². The van der Waals surface area contributed by atoms with Crippen LogP contribution in [0, 0.1) is 0 Å². The highest BCUT2D eigenvalue weighted by Crippen LogP contribution is 2.35. The number of fused-ring (bicyclic) bond motifs is 1. The summed E-state index contributed by atoms with van der Waals surface area (Å²) in [4.78, 5) is 12.4. The number of rotatable bonds is 3. The number of ether oxygens (including phenoxy) is 1. The molecular weight excluding hydrogens is 328 g/mol. The van der Waals surface area contributed by atoms with Gasteiger partial charge in [-0.25, -0.2) is 4.79 Å². The van der Waals surface area contributed by atoms with E-state index in [1.165, 1.54) is 11.6 Å². The molecule has 0 spiro atoms. The van der Waals surface area contributed by atoms with E-state index in [1.807, 2.05) is 24.3 Å². The topological polar surface area (TPSA) is 66.8 Å². The van der Waals surface area contributed by atoms with Gasteiger partial charge in [0.2, 0.25) is 0 Å². The first-order chi connectivity index (χ1) is 12.3. The molecule has 3 aromatic rings. The van der Waals surface area contributed by atoms with Gasteiger partial charge < -0.3 is 14.9 Å². The molecule has 3 aromatic carbocycles. The van der Waals surface area contributed by atoms with E-state index < -0.39 is 5.97 Å². The zero-order valence-electron chi connectivity index (χ0n) is 15.1. The Hall–Kier alpha value is -3.01. The van der Waals surface area contributed by atoms with E-state index in [2.05, 4.69) is 20.8 Å². The molecule has 0 heterocycles. The summed E-state index contributed by atoms with van der Waals surface area (Å²) >= 11 is 0. The molecule has 0 amide bonds. The van der Waals surface area contributed by atoms with Gasteiger partial charge in [0, 0.05) is 10.8 Å². The molecule has 0 fully saturated rings. The minimum atomic E-state index is -0.677. The SMILES string of the molecule is CC(C)(C)c1ccc(COC(=O)c2cc(O)c3ccccc3c2O)cc1. The number of carbonyl (C=O) groups is 1. The van der Waals surface area contributed by atoms with Gasteiger partial charge in [-0.3, -0.25) is 0 Å². The van der Waals surface area contributed by atoms with E-state index in [0.717, 1.165) is 5.56 Å². The first-order valence-electron chi connectivity index (χ1n) is 8.47. The summed E-state index contributed by atoms with van der Waals surface area (Å²) in [5.41, 5.74) is 2.07. The average Bonchev–Trinajstić information content (AvgIpc) is 2.62. The van der Waals surface area contributed by atoms with Crippen molar-refractivity contribution in [3.05, 3.63) is 71.3 Å². The first kappa shape index (κ1) is 17.8. The fraction of sp³-hybridized carbons (Fsp3) is 0.227. The molecule has 0 aromatic heterocycles. The summed E-state index contributed by atoms with van der Waals surface area (Å²) in [6.45, 7) is 6.50. The third-order valence-corrected chi connectivity index (χ3v) is 4.40. The lowest BCUT2D eigenvalue weighted by Gasteiger charge is -2.19. The van der Waals surface area contributed by atoms with Gasteiger partial charge in [0.15, 0.2) is 0 Å². The second-order valence-corrected chi connectivity index (χ2v) is 7.36. The zero-order valence-corrected chi connectivity index (χ0v) is 15.1. The third-order valence-electron chi connectivity index (χ3n) is 4.40. The number of aromatic hydroxyl groups is 2. The highest BCUT2D eigenvalue weighted by Gasteiger charge is 2.18.